The summed E-state index contributed by atoms with van der Waals surface area (Å²) in [7, 11) is 3.30. The van der Waals surface area contributed by atoms with Gasteiger partial charge in [-0.25, -0.2) is 4.98 Å². The third-order valence-corrected chi connectivity index (χ3v) is 4.52. The maximum absolute atomic E-state index is 12.7. The van der Waals surface area contributed by atoms with Gasteiger partial charge in [0.25, 0.3) is 11.8 Å². The van der Waals surface area contributed by atoms with Crippen molar-refractivity contribution in [2.75, 3.05) is 25.6 Å². The normalized spacial score (nSPS) is 10.3. The highest BCUT2D eigenvalue weighted by Crippen LogP contribution is 2.17. The number of nitrogens with one attached hydrogen (secondary N) is 1. The van der Waals surface area contributed by atoms with Crippen molar-refractivity contribution in [2.45, 2.75) is 6.42 Å². The standard InChI is InChI=1S/C23H23N3O3/c1-26(18-10-4-3-5-11-18)23(28)20-13-8-12-19(25-20)22(27)24-16-15-17-9-6-7-14-21(17)29-2/h3-14H,15-16H2,1-2H3,(H,24,27). The minimum Gasteiger partial charge on any atom is -0.496 e. The number of carbonyl (C=O) groups excluding carboxylic acids is 2. The summed E-state index contributed by atoms with van der Waals surface area (Å²) in [6, 6.07) is 21.8. The second-order valence-electron chi connectivity index (χ2n) is 6.43. The Morgan fingerprint density at radius 3 is 2.38 bits per heavy atom. The fourth-order valence-electron chi connectivity index (χ4n) is 2.93. The number of ether oxygens (including phenoxy) is 1. The summed E-state index contributed by atoms with van der Waals surface area (Å²) >= 11 is 0. The Balaban J connectivity index is 1.64. The lowest BCUT2D eigenvalue weighted by molar-refractivity contribution is 0.0948. The van der Waals surface area contributed by atoms with Crippen LogP contribution in [-0.2, 0) is 6.42 Å². The lowest BCUT2D eigenvalue weighted by Gasteiger charge is -2.17. The first kappa shape index (κ1) is 20.1. The van der Waals surface area contributed by atoms with E-state index in [1.807, 2.05) is 54.6 Å². The largest absolute Gasteiger partial charge is 0.496 e. The van der Waals surface area contributed by atoms with Crippen LogP contribution in [0.25, 0.3) is 0 Å². The molecule has 6 heteroatoms. The number of nitrogens with zero attached hydrogens (tertiary/aromatic N) is 2. The van der Waals surface area contributed by atoms with Crippen LogP contribution < -0.4 is 15.0 Å². The Morgan fingerprint density at radius 1 is 0.931 bits per heavy atom. The average Bonchev–Trinajstić information content (AvgIpc) is 2.79. The zero-order valence-corrected chi connectivity index (χ0v) is 16.5. The van der Waals surface area contributed by atoms with Crippen LogP contribution in [0.1, 0.15) is 26.5 Å². The average molecular weight is 389 g/mol. The lowest BCUT2D eigenvalue weighted by Crippen LogP contribution is -2.30. The van der Waals surface area contributed by atoms with Gasteiger partial charge in [0.1, 0.15) is 17.1 Å². The number of carbonyl (C=O) groups is 2. The smallest absolute Gasteiger partial charge is 0.276 e. The Labute approximate surface area is 170 Å². The number of rotatable bonds is 7. The van der Waals surface area contributed by atoms with Crippen molar-refractivity contribution in [2.24, 2.45) is 0 Å². The minimum atomic E-state index is -0.322. The molecule has 0 spiro atoms. The predicted octanol–water partition coefficient (Wildman–Crippen LogP) is 3.34. The van der Waals surface area contributed by atoms with E-state index < -0.39 is 0 Å². The van der Waals surface area contributed by atoms with Crippen LogP contribution in [0.3, 0.4) is 0 Å². The first-order chi connectivity index (χ1) is 14.1. The molecule has 0 saturated heterocycles. The van der Waals surface area contributed by atoms with E-state index in [1.165, 1.54) is 4.90 Å². The highest BCUT2D eigenvalue weighted by Gasteiger charge is 2.17. The maximum Gasteiger partial charge on any atom is 0.276 e. The van der Waals surface area contributed by atoms with E-state index in [1.54, 1.807) is 32.4 Å². The van der Waals surface area contributed by atoms with Crippen molar-refractivity contribution < 1.29 is 14.3 Å². The van der Waals surface area contributed by atoms with E-state index in [-0.39, 0.29) is 23.2 Å². The summed E-state index contributed by atoms with van der Waals surface area (Å²) in [5.41, 5.74) is 2.19. The number of benzene rings is 2. The molecule has 0 fully saturated rings. The fourth-order valence-corrected chi connectivity index (χ4v) is 2.93. The molecule has 2 aromatic carbocycles. The Hall–Kier alpha value is -3.67. The van der Waals surface area contributed by atoms with Gasteiger partial charge in [0, 0.05) is 19.3 Å². The number of anilines is 1. The zero-order chi connectivity index (χ0) is 20.6. The maximum atomic E-state index is 12.7. The van der Waals surface area contributed by atoms with Crippen molar-refractivity contribution in [1.82, 2.24) is 10.3 Å². The summed E-state index contributed by atoms with van der Waals surface area (Å²) in [6.07, 6.45) is 0.630. The lowest BCUT2D eigenvalue weighted by atomic mass is 10.1. The molecule has 0 saturated carbocycles. The molecule has 2 amide bonds. The first-order valence-corrected chi connectivity index (χ1v) is 9.30. The Kier molecular flexibility index (Phi) is 6.58. The topological polar surface area (TPSA) is 71.5 Å². The molecule has 148 valence electrons. The van der Waals surface area contributed by atoms with Gasteiger partial charge in [0.2, 0.25) is 0 Å². The molecule has 0 aliphatic carbocycles. The molecule has 29 heavy (non-hydrogen) atoms. The van der Waals surface area contributed by atoms with Crippen molar-refractivity contribution in [3.8, 4) is 5.75 Å². The van der Waals surface area contributed by atoms with Crippen LogP contribution in [0, 0.1) is 0 Å². The molecule has 1 aromatic heterocycles. The van der Waals surface area contributed by atoms with Crippen molar-refractivity contribution in [1.29, 1.82) is 0 Å². The molecule has 0 aliphatic heterocycles. The van der Waals surface area contributed by atoms with E-state index >= 15 is 0 Å². The summed E-state index contributed by atoms with van der Waals surface area (Å²) in [4.78, 5) is 30.9. The van der Waals surface area contributed by atoms with Gasteiger partial charge in [-0.15, -0.1) is 0 Å². The summed E-state index contributed by atoms with van der Waals surface area (Å²) < 4.78 is 5.32. The molecule has 0 bridgehead atoms. The van der Waals surface area contributed by atoms with Crippen LogP contribution in [0.15, 0.2) is 72.8 Å². The van der Waals surface area contributed by atoms with E-state index in [0.717, 1.165) is 17.0 Å². The third-order valence-electron chi connectivity index (χ3n) is 4.52. The van der Waals surface area contributed by atoms with E-state index in [4.69, 9.17) is 4.74 Å². The van der Waals surface area contributed by atoms with Crippen molar-refractivity contribution in [3.05, 3.63) is 89.7 Å². The number of aromatic nitrogens is 1. The fraction of sp³-hybridized carbons (Fsp3) is 0.174. The van der Waals surface area contributed by atoms with Crippen molar-refractivity contribution >= 4 is 17.5 Å². The molecule has 1 N–H and O–H groups in total. The molecule has 3 aromatic rings. The van der Waals surface area contributed by atoms with Crippen LogP contribution in [0.5, 0.6) is 5.75 Å². The van der Waals surface area contributed by atoms with Gasteiger partial charge in [0.15, 0.2) is 0 Å². The molecule has 0 aliphatic rings. The molecule has 6 nitrogen and oxygen atoms in total. The Bertz CT molecular complexity index is 989. The number of hydrogen-bond acceptors (Lipinski definition) is 4. The molecule has 0 unspecified atom stereocenters. The number of methoxy groups -OCH3 is 1. The SMILES string of the molecule is COc1ccccc1CCNC(=O)c1cccc(C(=O)N(C)c2ccccc2)n1. The summed E-state index contributed by atoms with van der Waals surface area (Å²) in [5, 5.41) is 2.84. The highest BCUT2D eigenvalue weighted by atomic mass is 16.5. The molecule has 1 heterocycles. The Morgan fingerprint density at radius 2 is 1.62 bits per heavy atom. The highest BCUT2D eigenvalue weighted by molar-refractivity contribution is 6.05. The second kappa shape index (κ2) is 9.50. The number of hydrogen-bond donors (Lipinski definition) is 1. The molecule has 0 radical (unpaired) electrons. The van der Waals surface area contributed by atoms with Crippen LogP contribution >= 0.6 is 0 Å². The van der Waals surface area contributed by atoms with Gasteiger partial charge in [-0.05, 0) is 42.3 Å². The molecule has 3 rings (SSSR count). The van der Waals surface area contributed by atoms with Gasteiger partial charge in [-0.2, -0.15) is 0 Å². The van der Waals surface area contributed by atoms with E-state index in [0.29, 0.717) is 13.0 Å². The van der Waals surface area contributed by atoms with Crippen LogP contribution in [0.2, 0.25) is 0 Å². The summed E-state index contributed by atoms with van der Waals surface area (Å²) in [6.45, 7) is 0.434. The second-order valence-corrected chi connectivity index (χ2v) is 6.43. The van der Waals surface area contributed by atoms with E-state index in [2.05, 4.69) is 10.3 Å². The third kappa shape index (κ3) is 4.99. The zero-order valence-electron chi connectivity index (χ0n) is 16.5. The summed E-state index contributed by atoms with van der Waals surface area (Å²) in [5.74, 6) is 0.188. The van der Waals surface area contributed by atoms with Gasteiger partial charge < -0.3 is 15.0 Å². The van der Waals surface area contributed by atoms with E-state index in [9.17, 15) is 9.59 Å². The number of amides is 2. The first-order valence-electron chi connectivity index (χ1n) is 9.30. The van der Waals surface area contributed by atoms with Gasteiger partial charge in [0.05, 0.1) is 7.11 Å². The minimum absolute atomic E-state index is 0.206. The van der Waals surface area contributed by atoms with Crippen LogP contribution in [-0.4, -0.2) is 37.5 Å². The number of para-hydroxylation sites is 2. The van der Waals surface area contributed by atoms with Crippen molar-refractivity contribution in [3.63, 3.8) is 0 Å². The van der Waals surface area contributed by atoms with Gasteiger partial charge in [-0.3, -0.25) is 9.59 Å². The van der Waals surface area contributed by atoms with Crippen LogP contribution in [0.4, 0.5) is 5.69 Å². The quantitative estimate of drug-likeness (QED) is 0.673. The predicted molar refractivity (Wildman–Crippen MR) is 112 cm³/mol. The van der Waals surface area contributed by atoms with Gasteiger partial charge in [-0.1, -0.05) is 42.5 Å². The monoisotopic (exact) mass is 389 g/mol. The molecular formula is C23H23N3O3. The molecule has 0 atom stereocenters. The number of pyridine rings is 1. The molecular weight excluding hydrogens is 366 g/mol. The van der Waals surface area contributed by atoms with Gasteiger partial charge >= 0.3 is 0 Å².